The Kier molecular flexibility index (Phi) is 2.86. The normalized spacial score (nSPS) is 14.3. The number of rotatable bonds is 2. The minimum Gasteiger partial charge on any atom is -0.454 e. The maximum atomic E-state index is 5.47. The van der Waals surface area contributed by atoms with Gasteiger partial charge in [0.15, 0.2) is 16.7 Å². The minimum absolute atomic E-state index is 0.290. The Labute approximate surface area is 91.4 Å². The first-order chi connectivity index (χ1) is 7.29. The number of hydrogen-bond acceptors (Lipinski definition) is 5. The van der Waals surface area contributed by atoms with Crippen LogP contribution in [0.15, 0.2) is 23.3 Å². The van der Waals surface area contributed by atoms with Gasteiger partial charge in [0.2, 0.25) is 6.79 Å². The fraction of sp³-hybridized carbons (Fsp3) is 0.222. The quantitative estimate of drug-likeness (QED) is 0.337. The van der Waals surface area contributed by atoms with Gasteiger partial charge >= 0.3 is 0 Å². The number of thioether (sulfide) groups is 1. The zero-order valence-corrected chi connectivity index (χ0v) is 8.79. The van der Waals surface area contributed by atoms with Crippen molar-refractivity contribution in [2.45, 2.75) is 5.75 Å². The molecule has 1 aliphatic rings. The number of ether oxygens (including phenoxy) is 2. The van der Waals surface area contributed by atoms with Crippen LogP contribution >= 0.6 is 11.8 Å². The topological polar surface area (TPSA) is 82.9 Å². The van der Waals surface area contributed by atoms with Crippen LogP contribution in [0.4, 0.5) is 0 Å². The van der Waals surface area contributed by atoms with Gasteiger partial charge in [-0.3, -0.25) is 0 Å². The van der Waals surface area contributed by atoms with Crippen molar-refractivity contribution in [2.75, 3.05) is 6.79 Å². The highest BCUT2D eigenvalue weighted by molar-refractivity contribution is 8.13. The molecule has 80 valence electrons. The molecule has 0 fully saturated rings. The zero-order chi connectivity index (χ0) is 10.7. The fourth-order valence-corrected chi connectivity index (χ4v) is 1.79. The first-order valence-corrected chi connectivity index (χ1v) is 5.33. The SMILES string of the molecule is NN=C(N)SCc1ccc2c(c1)OCO2. The number of hydrogen-bond donors (Lipinski definition) is 2. The Hall–Kier alpha value is -1.56. The van der Waals surface area contributed by atoms with Gasteiger partial charge in [-0.15, -0.1) is 0 Å². The molecule has 4 N–H and O–H groups in total. The monoisotopic (exact) mass is 225 g/mol. The lowest BCUT2D eigenvalue weighted by atomic mass is 10.2. The molecule has 0 aromatic heterocycles. The first kappa shape index (κ1) is 9.97. The van der Waals surface area contributed by atoms with E-state index in [9.17, 15) is 0 Å². The first-order valence-electron chi connectivity index (χ1n) is 4.34. The Balaban J connectivity index is 2.04. The van der Waals surface area contributed by atoms with Crippen LogP contribution in [0, 0.1) is 0 Å². The lowest BCUT2D eigenvalue weighted by Gasteiger charge is -2.02. The molecule has 0 radical (unpaired) electrons. The molecular formula is C9H11N3O2S. The van der Waals surface area contributed by atoms with Crippen LogP contribution in [0.1, 0.15) is 5.56 Å². The van der Waals surface area contributed by atoms with Crippen molar-refractivity contribution in [3.63, 3.8) is 0 Å². The van der Waals surface area contributed by atoms with Gasteiger partial charge in [0, 0.05) is 5.75 Å². The second kappa shape index (κ2) is 4.31. The summed E-state index contributed by atoms with van der Waals surface area (Å²) in [5.74, 6) is 7.29. The molecule has 15 heavy (non-hydrogen) atoms. The van der Waals surface area contributed by atoms with Crippen molar-refractivity contribution in [3.8, 4) is 11.5 Å². The maximum absolute atomic E-state index is 5.47. The van der Waals surface area contributed by atoms with E-state index in [4.69, 9.17) is 21.1 Å². The highest BCUT2D eigenvalue weighted by Gasteiger charge is 2.13. The molecule has 1 heterocycles. The summed E-state index contributed by atoms with van der Waals surface area (Å²) >= 11 is 1.38. The lowest BCUT2D eigenvalue weighted by molar-refractivity contribution is 0.174. The molecule has 0 atom stereocenters. The number of nitrogens with zero attached hydrogens (tertiary/aromatic N) is 1. The Morgan fingerprint density at radius 1 is 1.40 bits per heavy atom. The van der Waals surface area contributed by atoms with Gasteiger partial charge in [0.25, 0.3) is 0 Å². The summed E-state index contributed by atoms with van der Waals surface area (Å²) < 4.78 is 10.5. The molecule has 2 rings (SSSR count). The Bertz CT molecular complexity index is 395. The van der Waals surface area contributed by atoms with E-state index in [0.29, 0.717) is 17.7 Å². The molecule has 1 aromatic rings. The predicted molar refractivity (Wildman–Crippen MR) is 59.7 cm³/mol. The van der Waals surface area contributed by atoms with E-state index < -0.39 is 0 Å². The van der Waals surface area contributed by atoms with Crippen molar-refractivity contribution in [3.05, 3.63) is 23.8 Å². The lowest BCUT2D eigenvalue weighted by Crippen LogP contribution is -2.09. The van der Waals surface area contributed by atoms with Gasteiger partial charge in [-0.1, -0.05) is 17.8 Å². The Morgan fingerprint density at radius 2 is 2.20 bits per heavy atom. The van der Waals surface area contributed by atoms with Crippen LogP contribution in [0.2, 0.25) is 0 Å². The Morgan fingerprint density at radius 3 is 3.00 bits per heavy atom. The third-order valence-corrected chi connectivity index (χ3v) is 2.83. The van der Waals surface area contributed by atoms with E-state index in [2.05, 4.69) is 5.10 Å². The molecule has 6 heteroatoms. The third kappa shape index (κ3) is 2.27. The summed E-state index contributed by atoms with van der Waals surface area (Å²) in [6.07, 6.45) is 0. The minimum atomic E-state index is 0.290. The molecule has 0 spiro atoms. The van der Waals surface area contributed by atoms with E-state index in [1.165, 1.54) is 11.8 Å². The van der Waals surface area contributed by atoms with E-state index in [1.807, 2.05) is 18.2 Å². The van der Waals surface area contributed by atoms with Crippen molar-refractivity contribution < 1.29 is 9.47 Å². The van der Waals surface area contributed by atoms with Gasteiger partial charge in [-0.2, -0.15) is 5.10 Å². The van der Waals surface area contributed by atoms with E-state index in [0.717, 1.165) is 17.1 Å². The van der Waals surface area contributed by atoms with Crippen LogP contribution < -0.4 is 21.1 Å². The second-order valence-electron chi connectivity index (χ2n) is 2.94. The molecular weight excluding hydrogens is 214 g/mol. The molecule has 0 amide bonds. The van der Waals surface area contributed by atoms with Crippen molar-refractivity contribution in [2.24, 2.45) is 16.7 Å². The molecule has 1 aromatic carbocycles. The van der Waals surface area contributed by atoms with Gasteiger partial charge in [-0.05, 0) is 17.7 Å². The van der Waals surface area contributed by atoms with Gasteiger partial charge < -0.3 is 21.1 Å². The largest absolute Gasteiger partial charge is 0.454 e. The summed E-state index contributed by atoms with van der Waals surface area (Å²) in [6.45, 7) is 0.290. The molecule has 0 unspecified atom stereocenters. The molecule has 0 saturated carbocycles. The fourth-order valence-electron chi connectivity index (χ4n) is 1.23. The third-order valence-electron chi connectivity index (χ3n) is 1.95. The number of nitrogens with two attached hydrogens (primary N) is 2. The van der Waals surface area contributed by atoms with Crippen LogP contribution in [0.25, 0.3) is 0 Å². The number of benzene rings is 1. The summed E-state index contributed by atoms with van der Waals surface area (Å²) in [5, 5.41) is 3.75. The number of fused-ring (bicyclic) bond motifs is 1. The summed E-state index contributed by atoms with van der Waals surface area (Å²) in [6, 6.07) is 5.78. The van der Waals surface area contributed by atoms with Gasteiger partial charge in [-0.25, -0.2) is 0 Å². The highest BCUT2D eigenvalue weighted by Crippen LogP contribution is 2.33. The molecule has 1 aliphatic heterocycles. The van der Waals surface area contributed by atoms with E-state index in [1.54, 1.807) is 0 Å². The maximum Gasteiger partial charge on any atom is 0.231 e. The predicted octanol–water partition coefficient (Wildman–Crippen LogP) is 0.837. The van der Waals surface area contributed by atoms with Crippen LogP contribution in [0.3, 0.4) is 0 Å². The molecule has 0 bridgehead atoms. The van der Waals surface area contributed by atoms with Crippen LogP contribution in [0.5, 0.6) is 11.5 Å². The summed E-state index contributed by atoms with van der Waals surface area (Å²) in [7, 11) is 0. The van der Waals surface area contributed by atoms with Crippen LogP contribution in [-0.2, 0) is 5.75 Å². The smallest absolute Gasteiger partial charge is 0.231 e. The number of hydrazone groups is 1. The molecule has 0 aliphatic carbocycles. The van der Waals surface area contributed by atoms with Crippen molar-refractivity contribution in [1.82, 2.24) is 0 Å². The molecule has 0 saturated heterocycles. The van der Waals surface area contributed by atoms with Crippen LogP contribution in [-0.4, -0.2) is 12.0 Å². The second-order valence-corrected chi connectivity index (χ2v) is 3.94. The van der Waals surface area contributed by atoms with Gasteiger partial charge in [0.05, 0.1) is 0 Å². The molecule has 5 nitrogen and oxygen atoms in total. The highest BCUT2D eigenvalue weighted by atomic mass is 32.2. The summed E-state index contributed by atoms with van der Waals surface area (Å²) in [4.78, 5) is 0. The van der Waals surface area contributed by atoms with Crippen molar-refractivity contribution in [1.29, 1.82) is 0 Å². The average molecular weight is 225 g/mol. The standard InChI is InChI=1S/C9H11N3O2S/c10-9(12-11)15-4-6-1-2-7-8(3-6)14-5-13-7/h1-3H,4-5,11H2,(H2,10,12). The number of amidine groups is 1. The van der Waals surface area contributed by atoms with E-state index in [-0.39, 0.29) is 0 Å². The van der Waals surface area contributed by atoms with Gasteiger partial charge in [0.1, 0.15) is 0 Å². The van der Waals surface area contributed by atoms with E-state index >= 15 is 0 Å². The zero-order valence-electron chi connectivity index (χ0n) is 7.97. The average Bonchev–Trinajstić information content (AvgIpc) is 2.72. The van der Waals surface area contributed by atoms with Crippen molar-refractivity contribution >= 4 is 16.9 Å². The summed E-state index contributed by atoms with van der Waals surface area (Å²) in [5.41, 5.74) is 6.56.